The van der Waals surface area contributed by atoms with E-state index in [4.69, 9.17) is 28.9 Å². The maximum Gasteiger partial charge on any atom is 0.216 e. The van der Waals surface area contributed by atoms with E-state index < -0.39 is 10.0 Å². The molecule has 0 unspecified atom stereocenters. The summed E-state index contributed by atoms with van der Waals surface area (Å²) in [5.74, 6) is -0.0908. The van der Waals surface area contributed by atoms with E-state index >= 15 is 0 Å². The van der Waals surface area contributed by atoms with Gasteiger partial charge in [-0.15, -0.1) is 12.4 Å². The third-order valence-electron chi connectivity index (χ3n) is 3.46. The molecule has 0 aliphatic heterocycles. The Balaban J connectivity index is 0.00000220. The number of hydrogen-bond acceptors (Lipinski definition) is 3. The Hall–Kier alpha value is -0.0400. The molecule has 1 aromatic rings. The van der Waals surface area contributed by atoms with Gasteiger partial charge in [0.1, 0.15) is 0 Å². The number of nitrogens with two attached hydrogens (primary N) is 1. The summed E-state index contributed by atoms with van der Waals surface area (Å²) < 4.78 is 27.0. The summed E-state index contributed by atoms with van der Waals surface area (Å²) in [6, 6.07) is 5.05. The van der Waals surface area contributed by atoms with E-state index in [2.05, 4.69) is 4.72 Å². The maximum absolute atomic E-state index is 12.1. The summed E-state index contributed by atoms with van der Waals surface area (Å²) in [6.07, 6.45) is 3.31. The molecular formula is C13H19Cl3N2O2S. The molecular weight excluding hydrogens is 355 g/mol. The van der Waals surface area contributed by atoms with Crippen LogP contribution in [-0.2, 0) is 15.8 Å². The van der Waals surface area contributed by atoms with Crippen LogP contribution in [0.3, 0.4) is 0 Å². The van der Waals surface area contributed by atoms with Crippen molar-refractivity contribution in [2.45, 2.75) is 43.5 Å². The monoisotopic (exact) mass is 372 g/mol. The highest BCUT2D eigenvalue weighted by molar-refractivity contribution is 7.88. The molecule has 0 aromatic heterocycles. The van der Waals surface area contributed by atoms with Crippen LogP contribution in [0.15, 0.2) is 18.2 Å². The molecule has 0 spiro atoms. The molecule has 4 nitrogen and oxygen atoms in total. The van der Waals surface area contributed by atoms with Gasteiger partial charge in [0.2, 0.25) is 10.0 Å². The molecule has 21 heavy (non-hydrogen) atoms. The third-order valence-corrected chi connectivity index (χ3v) is 5.60. The number of halogens is 3. The lowest BCUT2D eigenvalue weighted by Crippen LogP contribution is -2.40. The molecule has 1 aliphatic rings. The van der Waals surface area contributed by atoms with Gasteiger partial charge in [0, 0.05) is 12.1 Å². The molecule has 1 saturated carbocycles. The van der Waals surface area contributed by atoms with E-state index in [0.29, 0.717) is 15.6 Å². The lowest BCUT2D eigenvalue weighted by atomic mass is 9.93. The van der Waals surface area contributed by atoms with Gasteiger partial charge >= 0.3 is 0 Å². The Morgan fingerprint density at radius 1 is 1.14 bits per heavy atom. The molecule has 120 valence electrons. The first-order valence-electron chi connectivity index (χ1n) is 6.55. The van der Waals surface area contributed by atoms with Gasteiger partial charge in [-0.05, 0) is 43.4 Å². The molecule has 0 radical (unpaired) electrons. The van der Waals surface area contributed by atoms with Gasteiger partial charge in [-0.1, -0.05) is 29.3 Å². The zero-order chi connectivity index (χ0) is 14.8. The van der Waals surface area contributed by atoms with Crippen LogP contribution in [0.4, 0.5) is 0 Å². The average molecular weight is 374 g/mol. The van der Waals surface area contributed by atoms with Crippen LogP contribution < -0.4 is 10.5 Å². The number of sulfonamides is 1. The maximum atomic E-state index is 12.1. The summed E-state index contributed by atoms with van der Waals surface area (Å²) in [5, 5.41) is 0.782. The van der Waals surface area contributed by atoms with E-state index in [-0.39, 0.29) is 30.2 Å². The molecule has 0 bridgehead atoms. The second kappa shape index (κ2) is 7.99. The fraction of sp³-hybridized carbons (Fsp3) is 0.538. The molecule has 3 N–H and O–H groups in total. The summed E-state index contributed by atoms with van der Waals surface area (Å²) >= 11 is 11.7. The van der Waals surface area contributed by atoms with E-state index in [1.807, 2.05) is 0 Å². The second-order valence-corrected chi connectivity index (χ2v) is 7.81. The summed E-state index contributed by atoms with van der Waals surface area (Å²) in [4.78, 5) is 0. The lowest BCUT2D eigenvalue weighted by molar-refractivity contribution is 0.373. The van der Waals surface area contributed by atoms with Gasteiger partial charge in [-0.2, -0.15) is 0 Å². The summed E-state index contributed by atoms with van der Waals surface area (Å²) in [7, 11) is -3.37. The highest BCUT2D eigenvalue weighted by Crippen LogP contribution is 2.24. The standard InChI is InChI=1S/C13H18Cl2N2O2S.ClH/c14-12-6-1-9(7-13(12)15)8-20(18,19)17-11-4-2-10(16)3-5-11;/h1,6-7,10-11,17H,2-5,8,16H2;1H. The highest BCUT2D eigenvalue weighted by atomic mass is 35.5. The van der Waals surface area contributed by atoms with Gasteiger partial charge in [0.25, 0.3) is 0 Å². The zero-order valence-electron chi connectivity index (χ0n) is 11.4. The predicted octanol–water partition coefficient (Wildman–Crippen LogP) is 3.10. The first-order valence-corrected chi connectivity index (χ1v) is 8.96. The molecule has 0 saturated heterocycles. The van der Waals surface area contributed by atoms with Crippen molar-refractivity contribution in [3.8, 4) is 0 Å². The van der Waals surface area contributed by atoms with Crippen LogP contribution in [0.2, 0.25) is 10.0 Å². The van der Waals surface area contributed by atoms with Gasteiger partial charge in [0.05, 0.1) is 15.8 Å². The highest BCUT2D eigenvalue weighted by Gasteiger charge is 2.23. The van der Waals surface area contributed by atoms with Crippen molar-refractivity contribution in [2.75, 3.05) is 0 Å². The van der Waals surface area contributed by atoms with Gasteiger partial charge in [-0.25, -0.2) is 13.1 Å². The van der Waals surface area contributed by atoms with Crippen LogP contribution in [0.1, 0.15) is 31.2 Å². The molecule has 1 fully saturated rings. The van der Waals surface area contributed by atoms with Gasteiger partial charge in [0.15, 0.2) is 0 Å². The Morgan fingerprint density at radius 2 is 1.76 bits per heavy atom. The van der Waals surface area contributed by atoms with E-state index in [1.165, 1.54) is 0 Å². The Morgan fingerprint density at radius 3 is 2.33 bits per heavy atom. The zero-order valence-corrected chi connectivity index (χ0v) is 14.5. The van der Waals surface area contributed by atoms with Crippen molar-refractivity contribution in [3.05, 3.63) is 33.8 Å². The molecule has 2 rings (SSSR count). The van der Waals surface area contributed by atoms with E-state index in [9.17, 15) is 8.42 Å². The minimum absolute atomic E-state index is 0. The Kier molecular flexibility index (Phi) is 7.24. The smallest absolute Gasteiger partial charge is 0.216 e. The van der Waals surface area contributed by atoms with Crippen molar-refractivity contribution in [1.82, 2.24) is 4.72 Å². The van der Waals surface area contributed by atoms with Gasteiger partial charge in [-0.3, -0.25) is 0 Å². The van der Waals surface area contributed by atoms with E-state index in [0.717, 1.165) is 25.7 Å². The van der Waals surface area contributed by atoms with Crippen molar-refractivity contribution in [3.63, 3.8) is 0 Å². The number of hydrogen-bond donors (Lipinski definition) is 2. The topological polar surface area (TPSA) is 72.2 Å². The van der Waals surface area contributed by atoms with Crippen molar-refractivity contribution in [2.24, 2.45) is 5.73 Å². The normalized spacial score (nSPS) is 22.6. The SMILES string of the molecule is Cl.NC1CCC(NS(=O)(=O)Cc2ccc(Cl)c(Cl)c2)CC1. The van der Waals surface area contributed by atoms with E-state index in [1.54, 1.807) is 18.2 Å². The summed E-state index contributed by atoms with van der Waals surface area (Å²) in [5.41, 5.74) is 6.44. The third kappa shape index (κ3) is 5.93. The quantitative estimate of drug-likeness (QED) is 0.851. The van der Waals surface area contributed by atoms with Crippen LogP contribution in [0.5, 0.6) is 0 Å². The molecule has 0 amide bonds. The molecule has 1 aliphatic carbocycles. The largest absolute Gasteiger partial charge is 0.328 e. The minimum atomic E-state index is -3.37. The molecule has 1 aromatic carbocycles. The number of rotatable bonds is 4. The Bertz CT molecular complexity index is 573. The number of benzene rings is 1. The predicted molar refractivity (Wildman–Crippen MR) is 89.7 cm³/mol. The fourth-order valence-electron chi connectivity index (χ4n) is 2.38. The van der Waals surface area contributed by atoms with Gasteiger partial charge < -0.3 is 5.73 Å². The first-order chi connectivity index (χ1) is 9.35. The minimum Gasteiger partial charge on any atom is -0.328 e. The Labute approximate surface area is 141 Å². The molecule has 0 heterocycles. The van der Waals surface area contributed by atoms with Crippen LogP contribution in [0, 0.1) is 0 Å². The van der Waals surface area contributed by atoms with Crippen molar-refractivity contribution in [1.29, 1.82) is 0 Å². The molecule has 0 atom stereocenters. The van der Waals surface area contributed by atoms with Crippen molar-refractivity contribution < 1.29 is 8.42 Å². The lowest BCUT2D eigenvalue weighted by Gasteiger charge is -2.26. The number of nitrogens with one attached hydrogen (secondary N) is 1. The fourth-order valence-corrected chi connectivity index (χ4v) is 4.15. The van der Waals surface area contributed by atoms with Crippen LogP contribution >= 0.6 is 35.6 Å². The molecule has 8 heteroatoms. The van der Waals surface area contributed by atoms with Crippen LogP contribution in [-0.4, -0.2) is 20.5 Å². The van der Waals surface area contributed by atoms with Crippen LogP contribution in [0.25, 0.3) is 0 Å². The van der Waals surface area contributed by atoms with Crippen molar-refractivity contribution >= 4 is 45.6 Å². The summed E-state index contributed by atoms with van der Waals surface area (Å²) in [6.45, 7) is 0. The first kappa shape index (κ1) is 19.0. The average Bonchev–Trinajstić information content (AvgIpc) is 2.36. The second-order valence-electron chi connectivity index (χ2n) is 5.24.